The molecule has 7 heteroatoms. The third kappa shape index (κ3) is 4.63. The Morgan fingerprint density at radius 2 is 1.94 bits per heavy atom. The molecule has 0 saturated heterocycles. The summed E-state index contributed by atoms with van der Waals surface area (Å²) in [5, 5.41) is 13.4. The SMILES string of the molecule is CCCC(C)(NC(=O)NCC(N)=O)C(=O)O. The number of rotatable bonds is 6. The van der Waals surface area contributed by atoms with Gasteiger partial charge in [-0.05, 0) is 13.3 Å². The molecule has 0 rings (SSSR count). The van der Waals surface area contributed by atoms with Gasteiger partial charge in [-0.3, -0.25) is 4.79 Å². The van der Waals surface area contributed by atoms with E-state index in [4.69, 9.17) is 10.8 Å². The van der Waals surface area contributed by atoms with Crippen LogP contribution < -0.4 is 16.4 Å². The average molecular weight is 231 g/mol. The van der Waals surface area contributed by atoms with Crippen molar-refractivity contribution in [1.82, 2.24) is 10.6 Å². The molecule has 1 unspecified atom stereocenters. The van der Waals surface area contributed by atoms with Gasteiger partial charge in [-0.15, -0.1) is 0 Å². The van der Waals surface area contributed by atoms with E-state index in [1.54, 1.807) is 0 Å². The van der Waals surface area contributed by atoms with E-state index in [2.05, 4.69) is 10.6 Å². The molecule has 0 aliphatic heterocycles. The van der Waals surface area contributed by atoms with E-state index in [0.29, 0.717) is 12.8 Å². The Bertz CT molecular complexity index is 292. The zero-order valence-corrected chi connectivity index (χ0v) is 9.37. The average Bonchev–Trinajstić information content (AvgIpc) is 2.14. The smallest absolute Gasteiger partial charge is 0.329 e. The Balaban J connectivity index is 4.35. The number of carboxylic acid groups (broad SMARTS) is 1. The van der Waals surface area contributed by atoms with Crippen LogP contribution in [0.3, 0.4) is 0 Å². The monoisotopic (exact) mass is 231 g/mol. The zero-order chi connectivity index (χ0) is 12.8. The van der Waals surface area contributed by atoms with Crippen molar-refractivity contribution in [2.45, 2.75) is 32.2 Å². The van der Waals surface area contributed by atoms with Gasteiger partial charge in [0.2, 0.25) is 5.91 Å². The summed E-state index contributed by atoms with van der Waals surface area (Å²) in [6.07, 6.45) is 0.908. The van der Waals surface area contributed by atoms with Crippen LogP contribution in [-0.4, -0.2) is 35.1 Å². The standard InChI is InChI=1S/C9H17N3O4/c1-3-4-9(2,7(14)15)12-8(16)11-5-6(10)13/h3-5H2,1-2H3,(H2,10,13)(H,14,15)(H2,11,12,16). The third-order valence-corrected chi connectivity index (χ3v) is 2.03. The minimum atomic E-state index is -1.34. The number of carbonyl (C=O) groups excluding carboxylic acids is 2. The molecule has 0 radical (unpaired) electrons. The van der Waals surface area contributed by atoms with Gasteiger partial charge < -0.3 is 21.5 Å². The fourth-order valence-corrected chi connectivity index (χ4v) is 1.19. The number of carboxylic acids is 1. The second-order valence-electron chi connectivity index (χ2n) is 3.66. The van der Waals surface area contributed by atoms with E-state index >= 15 is 0 Å². The van der Waals surface area contributed by atoms with Gasteiger partial charge in [0.05, 0.1) is 6.54 Å². The number of nitrogens with two attached hydrogens (primary N) is 1. The maximum absolute atomic E-state index is 11.2. The van der Waals surface area contributed by atoms with Gasteiger partial charge in [0, 0.05) is 0 Å². The summed E-state index contributed by atoms with van der Waals surface area (Å²) >= 11 is 0. The number of aliphatic carboxylic acids is 1. The molecule has 0 saturated carbocycles. The van der Waals surface area contributed by atoms with E-state index in [9.17, 15) is 14.4 Å². The predicted molar refractivity (Wildman–Crippen MR) is 56.7 cm³/mol. The minimum Gasteiger partial charge on any atom is -0.480 e. The van der Waals surface area contributed by atoms with Crippen LogP contribution in [0.2, 0.25) is 0 Å². The van der Waals surface area contributed by atoms with Gasteiger partial charge >= 0.3 is 12.0 Å². The molecule has 92 valence electrons. The first-order valence-electron chi connectivity index (χ1n) is 4.89. The van der Waals surface area contributed by atoms with Crippen molar-refractivity contribution >= 4 is 17.9 Å². The maximum Gasteiger partial charge on any atom is 0.329 e. The van der Waals surface area contributed by atoms with Crippen molar-refractivity contribution in [2.24, 2.45) is 5.73 Å². The Morgan fingerprint density at radius 1 is 1.38 bits per heavy atom. The Hall–Kier alpha value is -1.79. The molecule has 7 nitrogen and oxygen atoms in total. The molecule has 0 aliphatic carbocycles. The number of hydrogen-bond acceptors (Lipinski definition) is 3. The van der Waals surface area contributed by atoms with Crippen LogP contribution in [0.25, 0.3) is 0 Å². The molecule has 16 heavy (non-hydrogen) atoms. The highest BCUT2D eigenvalue weighted by atomic mass is 16.4. The van der Waals surface area contributed by atoms with E-state index in [1.165, 1.54) is 6.92 Å². The lowest BCUT2D eigenvalue weighted by Gasteiger charge is -2.25. The van der Waals surface area contributed by atoms with E-state index in [-0.39, 0.29) is 6.54 Å². The largest absolute Gasteiger partial charge is 0.480 e. The molecule has 0 aromatic carbocycles. The van der Waals surface area contributed by atoms with Gasteiger partial charge in [0.1, 0.15) is 5.54 Å². The summed E-state index contributed by atoms with van der Waals surface area (Å²) in [5.41, 5.74) is 3.49. The summed E-state index contributed by atoms with van der Waals surface area (Å²) in [4.78, 5) is 32.6. The van der Waals surface area contributed by atoms with Crippen molar-refractivity contribution in [3.05, 3.63) is 0 Å². The second-order valence-corrected chi connectivity index (χ2v) is 3.66. The van der Waals surface area contributed by atoms with Crippen molar-refractivity contribution in [3.63, 3.8) is 0 Å². The summed E-state index contributed by atoms with van der Waals surface area (Å²) < 4.78 is 0. The number of urea groups is 1. The van der Waals surface area contributed by atoms with Crippen molar-refractivity contribution < 1.29 is 19.5 Å². The van der Waals surface area contributed by atoms with Crippen LogP contribution in [-0.2, 0) is 9.59 Å². The topological polar surface area (TPSA) is 122 Å². The van der Waals surface area contributed by atoms with Gasteiger partial charge in [0.25, 0.3) is 0 Å². The van der Waals surface area contributed by atoms with Crippen LogP contribution in [0.4, 0.5) is 4.79 Å². The van der Waals surface area contributed by atoms with Gasteiger partial charge in [-0.25, -0.2) is 9.59 Å². The molecule has 0 heterocycles. The Morgan fingerprint density at radius 3 is 2.31 bits per heavy atom. The summed E-state index contributed by atoms with van der Waals surface area (Å²) in [6, 6.07) is -0.725. The van der Waals surface area contributed by atoms with Crippen LogP contribution in [0, 0.1) is 0 Å². The van der Waals surface area contributed by atoms with Gasteiger partial charge in [-0.1, -0.05) is 13.3 Å². The Labute approximate surface area is 93.4 Å². The van der Waals surface area contributed by atoms with Crippen LogP contribution >= 0.6 is 0 Å². The molecule has 0 bridgehead atoms. The van der Waals surface area contributed by atoms with Crippen molar-refractivity contribution in [2.75, 3.05) is 6.54 Å². The van der Waals surface area contributed by atoms with Gasteiger partial charge in [-0.2, -0.15) is 0 Å². The lowest BCUT2D eigenvalue weighted by molar-refractivity contribution is -0.144. The number of primary amides is 1. The quantitative estimate of drug-likeness (QED) is 0.488. The van der Waals surface area contributed by atoms with Crippen LogP contribution in [0.5, 0.6) is 0 Å². The predicted octanol–water partition coefficient (Wildman–Crippen LogP) is -0.586. The number of hydrogen-bond donors (Lipinski definition) is 4. The number of nitrogens with one attached hydrogen (secondary N) is 2. The lowest BCUT2D eigenvalue weighted by Crippen LogP contribution is -2.55. The fourth-order valence-electron chi connectivity index (χ4n) is 1.19. The Kier molecular flexibility index (Phi) is 5.27. The first kappa shape index (κ1) is 14.2. The first-order chi connectivity index (χ1) is 7.31. The molecule has 0 aromatic heterocycles. The molecule has 3 amide bonds. The second kappa shape index (κ2) is 5.94. The molecule has 1 atom stereocenters. The van der Waals surface area contributed by atoms with Crippen LogP contribution in [0.1, 0.15) is 26.7 Å². The maximum atomic E-state index is 11.2. The highest BCUT2D eigenvalue weighted by Crippen LogP contribution is 2.12. The summed E-state index contributed by atoms with van der Waals surface area (Å²) in [7, 11) is 0. The van der Waals surface area contributed by atoms with E-state index in [0.717, 1.165) is 0 Å². The minimum absolute atomic E-state index is 0.298. The number of amides is 3. The van der Waals surface area contributed by atoms with Crippen molar-refractivity contribution in [1.29, 1.82) is 0 Å². The highest BCUT2D eigenvalue weighted by Gasteiger charge is 2.33. The highest BCUT2D eigenvalue weighted by molar-refractivity contribution is 5.88. The molecular formula is C9H17N3O4. The van der Waals surface area contributed by atoms with E-state index in [1.807, 2.05) is 6.92 Å². The normalized spacial score (nSPS) is 13.6. The molecule has 5 N–H and O–H groups in total. The van der Waals surface area contributed by atoms with Gasteiger partial charge in [0.15, 0.2) is 0 Å². The molecule has 0 fully saturated rings. The van der Waals surface area contributed by atoms with Crippen LogP contribution in [0.15, 0.2) is 0 Å². The molecule has 0 aliphatic rings. The molecular weight excluding hydrogens is 214 g/mol. The lowest BCUT2D eigenvalue weighted by atomic mass is 9.97. The fraction of sp³-hybridized carbons (Fsp3) is 0.667. The third-order valence-electron chi connectivity index (χ3n) is 2.03. The zero-order valence-electron chi connectivity index (χ0n) is 9.37. The van der Waals surface area contributed by atoms with Crippen molar-refractivity contribution in [3.8, 4) is 0 Å². The number of carbonyl (C=O) groups is 3. The first-order valence-corrected chi connectivity index (χ1v) is 4.89. The van der Waals surface area contributed by atoms with E-state index < -0.39 is 23.4 Å². The summed E-state index contributed by atoms with van der Waals surface area (Å²) in [5.74, 6) is -1.81. The molecule has 0 aromatic rings. The summed E-state index contributed by atoms with van der Waals surface area (Å²) in [6.45, 7) is 2.89. The molecule has 0 spiro atoms.